The number of piperazine rings is 1. The van der Waals surface area contributed by atoms with Crippen molar-refractivity contribution in [3.8, 4) is 11.3 Å². The number of aliphatic hydroxyl groups excluding tert-OH is 1. The molecule has 1 unspecified atom stereocenters. The number of hydrazine groups is 1. The fraction of sp³-hybridized carbons (Fsp3) is 0.600. The number of aliphatic hydroxyl groups is 1. The van der Waals surface area contributed by atoms with Crippen molar-refractivity contribution < 1.29 is 24.2 Å². The fourth-order valence-corrected chi connectivity index (χ4v) is 9.34. The van der Waals surface area contributed by atoms with Crippen molar-refractivity contribution in [2.24, 2.45) is 10.4 Å². The minimum atomic E-state index is -0.484. The Morgan fingerprint density at radius 2 is 1.92 bits per heavy atom. The van der Waals surface area contributed by atoms with E-state index >= 15 is 0 Å². The minimum Gasteiger partial charge on any atom is -0.468 e. The zero-order chi connectivity index (χ0) is 37.3. The first kappa shape index (κ1) is 37.8. The molecule has 12 nitrogen and oxygen atoms in total. The first-order valence-corrected chi connectivity index (χ1v) is 20.2. The van der Waals surface area contributed by atoms with Crippen LogP contribution in [-0.2, 0) is 38.4 Å². The number of benzene rings is 1. The number of nitrogens with one attached hydrogen (secondary N) is 2. The summed E-state index contributed by atoms with van der Waals surface area (Å²) in [5, 5.41) is 17.8. The second kappa shape index (κ2) is 16.1. The molecule has 0 aliphatic carbocycles. The number of aromatic nitrogens is 2. The Kier molecular flexibility index (Phi) is 11.5. The van der Waals surface area contributed by atoms with Crippen molar-refractivity contribution in [2.45, 2.75) is 90.4 Å². The van der Waals surface area contributed by atoms with E-state index in [-0.39, 0.29) is 36.0 Å². The lowest BCUT2D eigenvalue weighted by Gasteiger charge is -2.32. The second-order valence-electron chi connectivity index (χ2n) is 15.6. The number of nitrogens with zero attached hydrogens (tertiary/aromatic N) is 5. The van der Waals surface area contributed by atoms with Gasteiger partial charge in [0.25, 0.3) is 0 Å². The van der Waals surface area contributed by atoms with Gasteiger partial charge in [-0.15, -0.1) is 11.8 Å². The van der Waals surface area contributed by atoms with Crippen molar-refractivity contribution in [1.82, 2.24) is 25.3 Å². The van der Waals surface area contributed by atoms with E-state index in [0.717, 1.165) is 79.7 Å². The summed E-state index contributed by atoms with van der Waals surface area (Å²) >= 11 is 1.74. The Morgan fingerprint density at radius 1 is 1.11 bits per heavy atom. The topological polar surface area (TPSA) is 134 Å². The van der Waals surface area contributed by atoms with E-state index in [0.29, 0.717) is 32.2 Å². The maximum Gasteiger partial charge on any atom is 0.324 e. The number of pyridine rings is 1. The lowest BCUT2D eigenvalue weighted by Crippen LogP contribution is -2.55. The fourth-order valence-electron chi connectivity index (χ4n) is 8.27. The number of rotatable bonds is 12. The van der Waals surface area contributed by atoms with Crippen molar-refractivity contribution in [2.75, 3.05) is 64.2 Å². The Morgan fingerprint density at radius 3 is 2.68 bits per heavy atom. The number of anilines is 1. The predicted molar refractivity (Wildman–Crippen MR) is 210 cm³/mol. The zero-order valence-corrected chi connectivity index (χ0v) is 32.7. The van der Waals surface area contributed by atoms with Crippen molar-refractivity contribution >= 4 is 45.3 Å². The molecule has 4 aliphatic rings. The quantitative estimate of drug-likeness (QED) is 0.219. The van der Waals surface area contributed by atoms with Gasteiger partial charge >= 0.3 is 5.97 Å². The number of aliphatic imine (C=N–C) groups is 1. The summed E-state index contributed by atoms with van der Waals surface area (Å²) in [5.41, 5.74) is 12.1. The Labute approximate surface area is 317 Å². The molecule has 7 rings (SSSR count). The van der Waals surface area contributed by atoms with Crippen LogP contribution in [0, 0.1) is 5.41 Å². The Balaban J connectivity index is 1.24. The number of ether oxygens (including phenoxy) is 2. The van der Waals surface area contributed by atoms with E-state index in [1.165, 1.54) is 40.4 Å². The van der Waals surface area contributed by atoms with Crippen molar-refractivity contribution in [1.29, 1.82) is 0 Å². The van der Waals surface area contributed by atoms with Crippen molar-refractivity contribution in [3.05, 3.63) is 46.8 Å². The van der Waals surface area contributed by atoms with Gasteiger partial charge in [0, 0.05) is 82.5 Å². The minimum absolute atomic E-state index is 0.00298. The van der Waals surface area contributed by atoms with Crippen LogP contribution in [-0.4, -0.2) is 102 Å². The van der Waals surface area contributed by atoms with Crippen LogP contribution in [0.15, 0.2) is 29.4 Å². The van der Waals surface area contributed by atoms with E-state index in [2.05, 4.69) is 59.2 Å². The van der Waals surface area contributed by atoms with Crippen LogP contribution in [0.1, 0.15) is 87.4 Å². The lowest BCUT2D eigenvalue weighted by atomic mass is 9.84. The average Bonchev–Trinajstić information content (AvgIpc) is 3.79. The highest BCUT2D eigenvalue weighted by Gasteiger charge is 2.33. The molecule has 6 heterocycles. The maximum atomic E-state index is 13.1. The molecule has 1 amide bonds. The van der Waals surface area contributed by atoms with Gasteiger partial charge in [0.15, 0.2) is 0 Å². The van der Waals surface area contributed by atoms with Gasteiger partial charge < -0.3 is 29.4 Å². The van der Waals surface area contributed by atoms with Crippen LogP contribution in [0.5, 0.6) is 0 Å². The molecular weight excluding hydrogens is 691 g/mol. The number of carbonyl (C=O) groups excluding carboxylic acids is 2. The first-order valence-electron chi connectivity index (χ1n) is 19.2. The number of aryl methyl sites for hydroxylation is 2. The normalized spacial score (nSPS) is 21.2. The smallest absolute Gasteiger partial charge is 0.324 e. The van der Waals surface area contributed by atoms with E-state index in [1.54, 1.807) is 23.9 Å². The van der Waals surface area contributed by atoms with Gasteiger partial charge in [0.2, 0.25) is 5.91 Å². The van der Waals surface area contributed by atoms with Gasteiger partial charge in [-0.05, 0) is 73.3 Å². The molecule has 0 radical (unpaired) electrons. The van der Waals surface area contributed by atoms with Crippen LogP contribution in [0.25, 0.3) is 22.2 Å². The van der Waals surface area contributed by atoms with Gasteiger partial charge in [-0.3, -0.25) is 24.6 Å². The summed E-state index contributed by atoms with van der Waals surface area (Å²) in [6.07, 6.45) is 6.87. The number of methoxy groups -OCH3 is 2. The summed E-state index contributed by atoms with van der Waals surface area (Å²) in [5.74, 6) is 0.463. The van der Waals surface area contributed by atoms with Crippen molar-refractivity contribution in [3.63, 3.8) is 0 Å². The molecule has 1 aromatic carbocycles. The molecule has 3 atom stereocenters. The zero-order valence-electron chi connectivity index (χ0n) is 31.9. The van der Waals surface area contributed by atoms with E-state index in [9.17, 15) is 14.7 Å². The highest BCUT2D eigenvalue weighted by atomic mass is 32.2. The average molecular weight is 746 g/mol. The van der Waals surface area contributed by atoms with E-state index in [1.807, 2.05) is 6.20 Å². The van der Waals surface area contributed by atoms with Gasteiger partial charge in [-0.25, -0.2) is 5.43 Å². The number of thioether (sulfide) groups is 1. The molecule has 53 heavy (non-hydrogen) atoms. The third kappa shape index (κ3) is 7.86. The Hall–Kier alpha value is -3.49. The van der Waals surface area contributed by atoms with Crippen LogP contribution in [0.2, 0.25) is 0 Å². The highest BCUT2D eigenvalue weighted by Crippen LogP contribution is 2.45. The number of hydrogen-bond acceptors (Lipinski definition) is 11. The largest absolute Gasteiger partial charge is 0.468 e. The molecule has 2 saturated heterocycles. The molecule has 2 fully saturated rings. The molecule has 0 saturated carbocycles. The highest BCUT2D eigenvalue weighted by molar-refractivity contribution is 8.14. The van der Waals surface area contributed by atoms with E-state index in [4.69, 9.17) is 19.5 Å². The molecule has 3 aromatic rings. The monoisotopic (exact) mass is 745 g/mol. The third-order valence-corrected chi connectivity index (χ3v) is 12.4. The molecule has 2 aromatic heterocycles. The van der Waals surface area contributed by atoms with Gasteiger partial charge in [0.05, 0.1) is 53.1 Å². The van der Waals surface area contributed by atoms with Gasteiger partial charge in [-0.2, -0.15) is 0 Å². The third-order valence-electron chi connectivity index (χ3n) is 11.3. The Bertz CT molecular complexity index is 1870. The molecule has 4 aliphatic heterocycles. The predicted octanol–water partition coefficient (Wildman–Crippen LogP) is 4.96. The van der Waals surface area contributed by atoms with E-state index < -0.39 is 6.04 Å². The number of carbonyl (C=O) groups is 2. The molecule has 0 bridgehead atoms. The van der Waals surface area contributed by atoms with Gasteiger partial charge in [0.1, 0.15) is 6.04 Å². The molecule has 3 N–H and O–H groups in total. The number of esters is 1. The molecule has 286 valence electrons. The summed E-state index contributed by atoms with van der Waals surface area (Å²) in [6, 6.07) is 6.56. The number of amides is 1. The molecule has 13 heteroatoms. The first-order chi connectivity index (χ1) is 25.6. The van der Waals surface area contributed by atoms with Gasteiger partial charge in [-0.1, -0.05) is 19.9 Å². The SMILES string of the molecule is COC(=O)[C@@H]1CCCN(C(=O)CCC2=NC(c3cc4c5c(c3)c(CC(C)(C)CO)c(-c3cc(N6CCNCC6)cnc3[C@H](C)OC)n5CCC4)CS2)N1. The standard InChI is InChI=1S/C40H55N7O5S/c1-25(51-4)36-30(20-28(22-42-36)45-16-12-41-13-17-45)38-31(21-40(2,3)24-48)29-19-27(18-26-8-6-14-46(38)37(26)29)33-23-53-34(43-33)10-11-35(49)47-15-7-9-32(44-47)39(50)52-5/h18-20,22,25,32-33,41,44,48H,6-17,21,23-24H2,1-5H3/t25-,32-,33?/m0/s1. The molecular formula is C40H55N7O5S. The van der Waals surface area contributed by atoms with Crippen LogP contribution < -0.4 is 15.6 Å². The lowest BCUT2D eigenvalue weighted by molar-refractivity contribution is -0.149. The summed E-state index contributed by atoms with van der Waals surface area (Å²) < 4.78 is 13.3. The maximum absolute atomic E-state index is 13.1. The van der Waals surface area contributed by atoms with Crippen LogP contribution in [0.4, 0.5) is 5.69 Å². The summed E-state index contributed by atoms with van der Waals surface area (Å²) in [7, 11) is 3.12. The van der Waals surface area contributed by atoms with Crippen LogP contribution in [0.3, 0.4) is 0 Å². The summed E-state index contributed by atoms with van der Waals surface area (Å²) in [4.78, 5) is 37.9. The molecule has 0 spiro atoms. The second-order valence-corrected chi connectivity index (χ2v) is 16.7. The number of hydrogen-bond donors (Lipinski definition) is 3. The summed E-state index contributed by atoms with van der Waals surface area (Å²) in [6.45, 7) is 11.7. The van der Waals surface area contributed by atoms with Crippen LogP contribution >= 0.6 is 11.8 Å².